The molecular formula is C21H30O5. The van der Waals surface area contributed by atoms with Gasteiger partial charge in [0.25, 0.3) is 0 Å². The third-order valence-electron chi connectivity index (χ3n) is 3.61. The molecule has 0 spiro atoms. The van der Waals surface area contributed by atoms with Gasteiger partial charge in [-0.1, -0.05) is 31.6 Å². The molecule has 0 saturated carbocycles. The summed E-state index contributed by atoms with van der Waals surface area (Å²) in [5.41, 5.74) is 0.458. The third kappa shape index (κ3) is 9.87. The summed E-state index contributed by atoms with van der Waals surface area (Å²) in [5, 5.41) is 0. The molecular weight excluding hydrogens is 332 g/mol. The second-order valence-corrected chi connectivity index (χ2v) is 5.90. The molecule has 5 heteroatoms. The van der Waals surface area contributed by atoms with Gasteiger partial charge in [-0.2, -0.15) is 0 Å². The molecule has 0 atom stereocenters. The minimum Gasteiger partial charge on any atom is -0.494 e. The molecule has 1 aromatic rings. The van der Waals surface area contributed by atoms with Crippen molar-refractivity contribution in [3.05, 3.63) is 42.0 Å². The summed E-state index contributed by atoms with van der Waals surface area (Å²) in [6, 6.07) is 6.97. The Bertz CT molecular complexity index is 565. The first-order valence-corrected chi connectivity index (χ1v) is 9.34. The van der Waals surface area contributed by atoms with Gasteiger partial charge in [0, 0.05) is 12.8 Å². The first-order valence-electron chi connectivity index (χ1n) is 9.34. The van der Waals surface area contributed by atoms with Crippen molar-refractivity contribution in [2.45, 2.75) is 52.4 Å². The Morgan fingerprint density at radius 3 is 2.62 bits per heavy atom. The fourth-order valence-corrected chi connectivity index (χ4v) is 2.14. The fraction of sp³-hybridized carbons (Fsp3) is 0.524. The summed E-state index contributed by atoms with van der Waals surface area (Å²) in [4.78, 5) is 23.5. The number of allylic oxidation sites excluding steroid dienone is 2. The maximum atomic E-state index is 12.0. The van der Waals surface area contributed by atoms with Crippen molar-refractivity contribution in [2.24, 2.45) is 0 Å². The highest BCUT2D eigenvalue weighted by Crippen LogP contribution is 2.14. The van der Waals surface area contributed by atoms with E-state index >= 15 is 0 Å². The van der Waals surface area contributed by atoms with Crippen molar-refractivity contribution >= 4 is 11.9 Å². The van der Waals surface area contributed by atoms with Gasteiger partial charge in [0.05, 0.1) is 25.4 Å². The van der Waals surface area contributed by atoms with Crippen LogP contribution in [0.25, 0.3) is 0 Å². The number of rotatable bonds is 13. The Morgan fingerprint density at radius 1 is 1.04 bits per heavy atom. The Hall–Kier alpha value is -2.30. The molecule has 0 aliphatic rings. The van der Waals surface area contributed by atoms with Gasteiger partial charge in [0.2, 0.25) is 0 Å². The summed E-state index contributed by atoms with van der Waals surface area (Å²) in [6.45, 7) is 5.16. The number of esters is 2. The first kappa shape index (κ1) is 21.7. The lowest BCUT2D eigenvalue weighted by Crippen LogP contribution is -2.11. The molecule has 144 valence electrons. The van der Waals surface area contributed by atoms with E-state index in [2.05, 4.69) is 6.92 Å². The van der Waals surface area contributed by atoms with Crippen LogP contribution in [0.5, 0.6) is 5.75 Å². The maximum absolute atomic E-state index is 12.0. The van der Waals surface area contributed by atoms with Gasteiger partial charge in [-0.05, 0) is 44.4 Å². The predicted octanol–water partition coefficient (Wildman–Crippen LogP) is 4.70. The van der Waals surface area contributed by atoms with E-state index in [0.29, 0.717) is 30.8 Å². The SMILES string of the molecule is C/C=C\CCCC(=O)OCCCOC(=O)c1cccc(OCCCC)c1. The molecule has 26 heavy (non-hydrogen) atoms. The molecule has 5 nitrogen and oxygen atoms in total. The van der Waals surface area contributed by atoms with Crippen LogP contribution in [0.2, 0.25) is 0 Å². The van der Waals surface area contributed by atoms with Gasteiger partial charge in [-0.3, -0.25) is 4.79 Å². The van der Waals surface area contributed by atoms with Crippen molar-refractivity contribution in [3.63, 3.8) is 0 Å². The highest BCUT2D eigenvalue weighted by molar-refractivity contribution is 5.89. The molecule has 0 unspecified atom stereocenters. The average Bonchev–Trinajstić information content (AvgIpc) is 2.65. The quantitative estimate of drug-likeness (QED) is 0.289. The van der Waals surface area contributed by atoms with E-state index in [1.165, 1.54) is 0 Å². The minimum absolute atomic E-state index is 0.210. The van der Waals surface area contributed by atoms with Crippen LogP contribution < -0.4 is 4.74 Å². The lowest BCUT2D eigenvalue weighted by Gasteiger charge is -2.08. The normalized spacial score (nSPS) is 10.7. The number of carbonyl (C=O) groups is 2. The topological polar surface area (TPSA) is 61.8 Å². The molecule has 0 aliphatic carbocycles. The highest BCUT2D eigenvalue weighted by Gasteiger charge is 2.08. The van der Waals surface area contributed by atoms with Crippen molar-refractivity contribution in [1.82, 2.24) is 0 Å². The van der Waals surface area contributed by atoms with Crippen LogP contribution >= 0.6 is 0 Å². The number of unbranched alkanes of at least 4 members (excludes halogenated alkanes) is 2. The molecule has 0 aromatic heterocycles. The van der Waals surface area contributed by atoms with Gasteiger partial charge >= 0.3 is 11.9 Å². The van der Waals surface area contributed by atoms with E-state index in [1.54, 1.807) is 18.2 Å². The van der Waals surface area contributed by atoms with Crippen molar-refractivity contribution in [1.29, 1.82) is 0 Å². The number of benzene rings is 1. The second kappa shape index (κ2) is 13.9. The zero-order valence-corrected chi connectivity index (χ0v) is 15.9. The van der Waals surface area contributed by atoms with Crippen LogP contribution in [-0.4, -0.2) is 31.8 Å². The second-order valence-electron chi connectivity index (χ2n) is 5.90. The summed E-state index contributed by atoms with van der Waals surface area (Å²) in [5.74, 6) is 0.0566. The fourth-order valence-electron chi connectivity index (χ4n) is 2.14. The van der Waals surface area contributed by atoms with E-state index in [1.807, 2.05) is 25.1 Å². The van der Waals surface area contributed by atoms with Crippen molar-refractivity contribution in [3.8, 4) is 5.75 Å². The predicted molar refractivity (Wildman–Crippen MR) is 101 cm³/mol. The average molecular weight is 362 g/mol. The Balaban J connectivity index is 2.20. The lowest BCUT2D eigenvalue weighted by molar-refractivity contribution is -0.144. The summed E-state index contributed by atoms with van der Waals surface area (Å²) in [7, 11) is 0. The van der Waals surface area contributed by atoms with Crippen LogP contribution in [0.4, 0.5) is 0 Å². The smallest absolute Gasteiger partial charge is 0.338 e. The van der Waals surface area contributed by atoms with Crippen LogP contribution in [0.1, 0.15) is 62.7 Å². The molecule has 0 radical (unpaired) electrons. The molecule has 0 amide bonds. The Kier molecular flexibility index (Phi) is 11.6. The largest absolute Gasteiger partial charge is 0.494 e. The van der Waals surface area contributed by atoms with E-state index in [9.17, 15) is 9.59 Å². The number of ether oxygens (including phenoxy) is 3. The number of hydrogen-bond donors (Lipinski definition) is 0. The number of carbonyl (C=O) groups excluding carboxylic acids is 2. The van der Waals surface area contributed by atoms with Gasteiger partial charge in [-0.25, -0.2) is 4.79 Å². The van der Waals surface area contributed by atoms with Gasteiger partial charge in [-0.15, -0.1) is 0 Å². The molecule has 0 fully saturated rings. The van der Waals surface area contributed by atoms with E-state index in [4.69, 9.17) is 14.2 Å². The summed E-state index contributed by atoms with van der Waals surface area (Å²) >= 11 is 0. The maximum Gasteiger partial charge on any atom is 0.338 e. The van der Waals surface area contributed by atoms with E-state index in [-0.39, 0.29) is 19.2 Å². The molecule has 0 heterocycles. The van der Waals surface area contributed by atoms with E-state index < -0.39 is 5.97 Å². The lowest BCUT2D eigenvalue weighted by atomic mass is 10.2. The standard InChI is InChI=1S/C21H30O5/c1-3-5-7-8-13-20(22)25-15-10-16-26-21(23)18-11-9-12-19(17-18)24-14-6-4-2/h3,5,9,11-12,17H,4,6-8,10,13-16H2,1-2H3/b5-3-. The minimum atomic E-state index is -0.399. The molecule has 0 aliphatic heterocycles. The molecule has 0 bridgehead atoms. The van der Waals surface area contributed by atoms with E-state index in [0.717, 1.165) is 25.7 Å². The van der Waals surface area contributed by atoms with Crippen molar-refractivity contribution < 1.29 is 23.8 Å². The highest BCUT2D eigenvalue weighted by atomic mass is 16.5. The van der Waals surface area contributed by atoms with Crippen LogP contribution in [0.3, 0.4) is 0 Å². The zero-order chi connectivity index (χ0) is 19.0. The van der Waals surface area contributed by atoms with Gasteiger partial charge in [0.1, 0.15) is 5.75 Å². The van der Waals surface area contributed by atoms with Crippen LogP contribution in [-0.2, 0) is 14.3 Å². The molecule has 0 saturated heterocycles. The molecule has 0 N–H and O–H groups in total. The third-order valence-corrected chi connectivity index (χ3v) is 3.61. The summed E-state index contributed by atoms with van der Waals surface area (Å²) in [6.07, 6.45) is 8.58. The Labute approximate surface area is 156 Å². The van der Waals surface area contributed by atoms with Crippen LogP contribution in [0.15, 0.2) is 36.4 Å². The van der Waals surface area contributed by atoms with Crippen LogP contribution in [0, 0.1) is 0 Å². The molecule has 1 rings (SSSR count). The van der Waals surface area contributed by atoms with Gasteiger partial charge in [0.15, 0.2) is 0 Å². The zero-order valence-electron chi connectivity index (χ0n) is 15.9. The monoisotopic (exact) mass is 362 g/mol. The van der Waals surface area contributed by atoms with Gasteiger partial charge < -0.3 is 14.2 Å². The summed E-state index contributed by atoms with van der Waals surface area (Å²) < 4.78 is 15.9. The number of hydrogen-bond acceptors (Lipinski definition) is 5. The Morgan fingerprint density at radius 2 is 1.85 bits per heavy atom. The molecule has 1 aromatic carbocycles. The first-order chi connectivity index (χ1) is 12.7. The van der Waals surface area contributed by atoms with Crippen molar-refractivity contribution in [2.75, 3.05) is 19.8 Å².